The Morgan fingerprint density at radius 3 is 2.43 bits per heavy atom. The van der Waals surface area contributed by atoms with Gasteiger partial charge in [-0.1, -0.05) is 65.0 Å². The summed E-state index contributed by atoms with van der Waals surface area (Å²) in [5.41, 5.74) is 4.32. The lowest BCUT2D eigenvalue weighted by atomic mass is 9.87. The fourth-order valence-electron chi connectivity index (χ4n) is 3.90. The van der Waals surface area contributed by atoms with Crippen molar-refractivity contribution >= 4 is 17.2 Å². The van der Waals surface area contributed by atoms with E-state index in [0.29, 0.717) is 24.7 Å². The van der Waals surface area contributed by atoms with E-state index in [-0.39, 0.29) is 18.1 Å². The highest BCUT2D eigenvalue weighted by molar-refractivity contribution is 7.09. The largest absolute Gasteiger partial charge is 0.454 e. The Kier molecular flexibility index (Phi) is 7.77. The molecule has 0 saturated heterocycles. The molecule has 2 aromatic carbocycles. The first kappa shape index (κ1) is 25.2. The number of hydrogen-bond donors (Lipinski definition) is 1. The van der Waals surface area contributed by atoms with Gasteiger partial charge in [-0.25, -0.2) is 4.98 Å². The SMILES string of the molecule is CC(C)CNC(=O)c1csc(CN(Cc2ccc(C(C)(C)C)cc2)Cc2ccc3c(c2)OCO3)n1. The summed E-state index contributed by atoms with van der Waals surface area (Å²) in [5.74, 6) is 1.87. The molecule has 0 atom stereocenters. The fourth-order valence-corrected chi connectivity index (χ4v) is 4.72. The molecular weight excluding hydrogens is 458 g/mol. The minimum Gasteiger partial charge on any atom is -0.454 e. The number of rotatable bonds is 9. The minimum atomic E-state index is -0.110. The van der Waals surface area contributed by atoms with Gasteiger partial charge in [-0.05, 0) is 40.2 Å². The van der Waals surface area contributed by atoms with Crippen molar-refractivity contribution in [3.8, 4) is 11.5 Å². The smallest absolute Gasteiger partial charge is 0.270 e. The molecule has 0 aliphatic carbocycles. The van der Waals surface area contributed by atoms with Crippen LogP contribution in [0, 0.1) is 5.92 Å². The predicted octanol–water partition coefficient (Wildman–Crippen LogP) is 5.76. The van der Waals surface area contributed by atoms with Crippen molar-refractivity contribution in [1.29, 1.82) is 0 Å². The molecule has 3 aromatic rings. The van der Waals surface area contributed by atoms with Crippen LogP contribution in [0.2, 0.25) is 0 Å². The van der Waals surface area contributed by atoms with Crippen LogP contribution in [0.3, 0.4) is 0 Å². The molecule has 6 nitrogen and oxygen atoms in total. The molecule has 2 heterocycles. The van der Waals surface area contributed by atoms with Crippen LogP contribution in [0.15, 0.2) is 47.8 Å². The van der Waals surface area contributed by atoms with Crippen molar-refractivity contribution in [3.05, 3.63) is 75.2 Å². The lowest BCUT2D eigenvalue weighted by Gasteiger charge is -2.23. The van der Waals surface area contributed by atoms with Gasteiger partial charge in [0.15, 0.2) is 11.5 Å². The van der Waals surface area contributed by atoms with E-state index in [1.165, 1.54) is 22.5 Å². The maximum Gasteiger partial charge on any atom is 0.270 e. The van der Waals surface area contributed by atoms with E-state index in [9.17, 15) is 4.79 Å². The molecule has 0 bridgehead atoms. The van der Waals surface area contributed by atoms with Gasteiger partial charge < -0.3 is 14.8 Å². The van der Waals surface area contributed by atoms with E-state index in [4.69, 9.17) is 9.47 Å². The van der Waals surface area contributed by atoms with E-state index < -0.39 is 0 Å². The van der Waals surface area contributed by atoms with Gasteiger partial charge in [0, 0.05) is 25.0 Å². The summed E-state index contributed by atoms with van der Waals surface area (Å²) in [7, 11) is 0. The average Bonchev–Trinajstić information content (AvgIpc) is 3.46. The van der Waals surface area contributed by atoms with Gasteiger partial charge in [-0.3, -0.25) is 9.69 Å². The Morgan fingerprint density at radius 1 is 1.03 bits per heavy atom. The second-order valence-corrected chi connectivity index (χ2v) is 11.5. The third-order valence-electron chi connectivity index (χ3n) is 5.88. The Labute approximate surface area is 212 Å². The highest BCUT2D eigenvalue weighted by Gasteiger charge is 2.18. The molecule has 1 N–H and O–H groups in total. The summed E-state index contributed by atoms with van der Waals surface area (Å²) >= 11 is 1.53. The molecule has 1 aliphatic rings. The Hall–Kier alpha value is -2.90. The van der Waals surface area contributed by atoms with E-state index in [1.54, 1.807) is 0 Å². The number of carbonyl (C=O) groups is 1. The molecule has 1 aromatic heterocycles. The van der Waals surface area contributed by atoms with Crippen molar-refractivity contribution < 1.29 is 14.3 Å². The van der Waals surface area contributed by atoms with Crippen LogP contribution in [0.25, 0.3) is 0 Å². The van der Waals surface area contributed by atoms with Crippen molar-refractivity contribution in [1.82, 2.24) is 15.2 Å². The molecule has 1 aliphatic heterocycles. The molecule has 1 amide bonds. The number of ether oxygens (including phenoxy) is 2. The zero-order valence-corrected chi connectivity index (χ0v) is 22.1. The number of benzene rings is 2. The Bertz CT molecular complexity index is 1150. The summed E-state index contributed by atoms with van der Waals surface area (Å²) in [4.78, 5) is 19.4. The third kappa shape index (κ3) is 6.83. The Morgan fingerprint density at radius 2 is 1.71 bits per heavy atom. The first-order valence-electron chi connectivity index (χ1n) is 12.1. The van der Waals surface area contributed by atoms with Crippen molar-refractivity contribution in [2.24, 2.45) is 5.92 Å². The van der Waals surface area contributed by atoms with Crippen LogP contribution < -0.4 is 14.8 Å². The van der Waals surface area contributed by atoms with Crippen LogP contribution in [-0.4, -0.2) is 29.1 Å². The van der Waals surface area contributed by atoms with Crippen molar-refractivity contribution in [3.63, 3.8) is 0 Å². The summed E-state index contributed by atoms with van der Waals surface area (Å²) in [5, 5.41) is 5.72. The summed E-state index contributed by atoms with van der Waals surface area (Å²) in [6.07, 6.45) is 0. The van der Waals surface area contributed by atoms with E-state index >= 15 is 0 Å². The van der Waals surface area contributed by atoms with Crippen LogP contribution >= 0.6 is 11.3 Å². The molecular formula is C28H35N3O3S. The molecule has 0 unspecified atom stereocenters. The molecule has 7 heteroatoms. The lowest BCUT2D eigenvalue weighted by molar-refractivity contribution is 0.0944. The number of hydrogen-bond acceptors (Lipinski definition) is 6. The van der Waals surface area contributed by atoms with Gasteiger partial charge >= 0.3 is 0 Å². The highest BCUT2D eigenvalue weighted by Crippen LogP contribution is 2.33. The molecule has 0 spiro atoms. The number of thiazole rings is 1. The zero-order chi connectivity index (χ0) is 25.0. The topological polar surface area (TPSA) is 63.7 Å². The van der Waals surface area contributed by atoms with E-state index in [1.807, 2.05) is 17.5 Å². The van der Waals surface area contributed by atoms with E-state index in [0.717, 1.165) is 35.2 Å². The minimum absolute atomic E-state index is 0.110. The molecule has 4 rings (SSSR count). The number of fused-ring (bicyclic) bond motifs is 1. The van der Waals surface area contributed by atoms with Crippen molar-refractivity contribution in [2.45, 2.75) is 59.7 Å². The lowest BCUT2D eigenvalue weighted by Crippen LogP contribution is -2.27. The van der Waals surface area contributed by atoms with Crippen molar-refractivity contribution in [2.75, 3.05) is 13.3 Å². The standard InChI is InChI=1S/C28H35N3O3S/c1-19(2)13-29-27(32)23-17-35-26(30-23)16-31(14-20-6-9-22(10-7-20)28(3,4)5)15-21-8-11-24-25(12-21)34-18-33-24/h6-12,17,19H,13-16,18H2,1-5H3,(H,29,32). The van der Waals surface area contributed by atoms with Crippen LogP contribution in [0.1, 0.15) is 66.8 Å². The van der Waals surface area contributed by atoms with Gasteiger partial charge in [0.25, 0.3) is 5.91 Å². The summed E-state index contributed by atoms with van der Waals surface area (Å²) in [6, 6.07) is 14.9. The quantitative estimate of drug-likeness (QED) is 0.411. The van der Waals surface area contributed by atoms with Gasteiger partial charge in [0.05, 0.1) is 6.54 Å². The molecule has 0 radical (unpaired) electrons. The van der Waals surface area contributed by atoms with Crippen LogP contribution in [-0.2, 0) is 25.0 Å². The normalized spacial score (nSPS) is 13.0. The number of nitrogens with one attached hydrogen (secondary N) is 1. The predicted molar refractivity (Wildman–Crippen MR) is 140 cm³/mol. The highest BCUT2D eigenvalue weighted by atomic mass is 32.1. The molecule has 35 heavy (non-hydrogen) atoms. The number of carbonyl (C=O) groups excluding carboxylic acids is 1. The molecule has 0 fully saturated rings. The molecule has 186 valence electrons. The fraction of sp³-hybridized carbons (Fsp3) is 0.429. The van der Waals surface area contributed by atoms with Gasteiger partial charge in [-0.15, -0.1) is 11.3 Å². The van der Waals surface area contributed by atoms with Gasteiger partial charge in [-0.2, -0.15) is 0 Å². The van der Waals surface area contributed by atoms with Gasteiger partial charge in [0.2, 0.25) is 6.79 Å². The summed E-state index contributed by atoms with van der Waals surface area (Å²) < 4.78 is 11.0. The number of amides is 1. The maximum atomic E-state index is 12.4. The monoisotopic (exact) mass is 493 g/mol. The second-order valence-electron chi connectivity index (χ2n) is 10.5. The third-order valence-corrected chi connectivity index (χ3v) is 6.72. The maximum absolute atomic E-state index is 12.4. The first-order valence-corrected chi connectivity index (χ1v) is 13.0. The van der Waals surface area contributed by atoms with Gasteiger partial charge in [0.1, 0.15) is 10.7 Å². The van der Waals surface area contributed by atoms with Crippen LogP contribution in [0.5, 0.6) is 11.5 Å². The summed E-state index contributed by atoms with van der Waals surface area (Å²) in [6.45, 7) is 13.9. The van der Waals surface area contributed by atoms with E-state index in [2.05, 4.69) is 80.2 Å². The second kappa shape index (κ2) is 10.8. The molecule has 0 saturated carbocycles. The Balaban J connectivity index is 1.50. The number of aromatic nitrogens is 1. The average molecular weight is 494 g/mol. The number of nitrogens with zero attached hydrogens (tertiary/aromatic N) is 2. The first-order chi connectivity index (χ1) is 16.7. The zero-order valence-electron chi connectivity index (χ0n) is 21.3. The van der Waals surface area contributed by atoms with Crippen LogP contribution in [0.4, 0.5) is 0 Å².